The molecule has 0 spiro atoms. The summed E-state index contributed by atoms with van der Waals surface area (Å²) in [5, 5.41) is 3.51. The number of hydrogen-bond donors (Lipinski definition) is 1. The summed E-state index contributed by atoms with van der Waals surface area (Å²) in [4.78, 5) is 4.49. The molecule has 14 heavy (non-hydrogen) atoms. The number of hydrogen-bond acceptors (Lipinski definition) is 2. The van der Waals surface area contributed by atoms with E-state index in [4.69, 9.17) is 0 Å². The van der Waals surface area contributed by atoms with Gasteiger partial charge >= 0.3 is 0 Å². The third kappa shape index (κ3) is 2.25. The van der Waals surface area contributed by atoms with Gasteiger partial charge in [-0.2, -0.15) is 0 Å². The van der Waals surface area contributed by atoms with Crippen molar-refractivity contribution in [3.05, 3.63) is 23.4 Å². The molecule has 2 heteroatoms. The fourth-order valence-electron chi connectivity index (χ4n) is 2.19. The average molecular weight is 190 g/mol. The molecule has 2 nitrogen and oxygen atoms in total. The molecule has 2 rings (SSSR count). The highest BCUT2D eigenvalue weighted by Gasteiger charge is 2.14. The number of nitrogens with one attached hydrogen (secondary N) is 1. The molecule has 1 saturated carbocycles. The first-order valence-corrected chi connectivity index (χ1v) is 5.46. The maximum absolute atomic E-state index is 4.49. The lowest BCUT2D eigenvalue weighted by Crippen LogP contribution is -2.15. The smallest absolute Gasteiger partial charge is 0.126 e. The lowest BCUT2D eigenvalue weighted by molar-refractivity contribution is 0.749. The van der Waals surface area contributed by atoms with E-state index in [1.54, 1.807) is 0 Å². The fraction of sp³-hybridized carbons (Fsp3) is 0.583. The van der Waals surface area contributed by atoms with Crippen LogP contribution in [0.2, 0.25) is 0 Å². The van der Waals surface area contributed by atoms with Crippen molar-refractivity contribution < 1.29 is 0 Å². The molecule has 1 aromatic rings. The molecule has 1 N–H and O–H groups in total. The summed E-state index contributed by atoms with van der Waals surface area (Å²) in [7, 11) is 0. The van der Waals surface area contributed by atoms with Gasteiger partial charge in [-0.15, -0.1) is 0 Å². The van der Waals surface area contributed by atoms with Crippen LogP contribution in [0.1, 0.15) is 36.9 Å². The normalized spacial score (nSPS) is 17.3. The molecule has 1 aliphatic rings. The molecule has 0 aromatic carbocycles. The van der Waals surface area contributed by atoms with Gasteiger partial charge in [0.15, 0.2) is 0 Å². The van der Waals surface area contributed by atoms with E-state index in [2.05, 4.69) is 29.4 Å². The summed E-state index contributed by atoms with van der Waals surface area (Å²) in [6.45, 7) is 4.17. The highest BCUT2D eigenvalue weighted by Crippen LogP contribution is 2.21. The van der Waals surface area contributed by atoms with E-state index in [1.807, 2.05) is 6.92 Å². The molecule has 0 unspecified atom stereocenters. The first-order chi connectivity index (χ1) is 6.74. The molecule has 1 fully saturated rings. The van der Waals surface area contributed by atoms with E-state index in [0.29, 0.717) is 6.04 Å². The summed E-state index contributed by atoms with van der Waals surface area (Å²) in [5.74, 6) is 1.05. The van der Waals surface area contributed by atoms with Crippen LogP contribution < -0.4 is 5.32 Å². The monoisotopic (exact) mass is 190 g/mol. The Balaban J connectivity index is 2.07. The van der Waals surface area contributed by atoms with Gasteiger partial charge in [0, 0.05) is 11.7 Å². The molecule has 0 bridgehead atoms. The van der Waals surface area contributed by atoms with Crippen LogP contribution in [0.5, 0.6) is 0 Å². The Kier molecular flexibility index (Phi) is 2.71. The number of anilines is 1. The van der Waals surface area contributed by atoms with Gasteiger partial charge in [-0.3, -0.25) is 0 Å². The van der Waals surface area contributed by atoms with E-state index < -0.39 is 0 Å². The van der Waals surface area contributed by atoms with Crippen molar-refractivity contribution in [1.29, 1.82) is 0 Å². The number of aromatic nitrogens is 1. The van der Waals surface area contributed by atoms with E-state index in [-0.39, 0.29) is 0 Å². The predicted molar refractivity (Wildman–Crippen MR) is 59.6 cm³/mol. The average Bonchev–Trinajstić information content (AvgIpc) is 2.54. The third-order valence-electron chi connectivity index (χ3n) is 2.80. The molecule has 1 heterocycles. The molecule has 1 aliphatic carbocycles. The van der Waals surface area contributed by atoms with Crippen molar-refractivity contribution in [3.8, 4) is 0 Å². The number of nitrogens with zero attached hydrogens (tertiary/aromatic N) is 1. The minimum absolute atomic E-state index is 0.656. The summed E-state index contributed by atoms with van der Waals surface area (Å²) in [6.07, 6.45) is 5.33. The predicted octanol–water partition coefficient (Wildman–Crippen LogP) is 3.05. The van der Waals surface area contributed by atoms with Gasteiger partial charge in [0.1, 0.15) is 5.82 Å². The van der Waals surface area contributed by atoms with E-state index in [1.165, 1.54) is 31.2 Å². The topological polar surface area (TPSA) is 24.9 Å². The summed E-state index contributed by atoms with van der Waals surface area (Å²) >= 11 is 0. The Morgan fingerprint density at radius 2 is 1.93 bits per heavy atom. The lowest BCUT2D eigenvalue weighted by atomic mass is 10.2. The van der Waals surface area contributed by atoms with Crippen LogP contribution in [-0.4, -0.2) is 11.0 Å². The number of rotatable bonds is 2. The van der Waals surface area contributed by atoms with E-state index in [0.717, 1.165) is 11.5 Å². The van der Waals surface area contributed by atoms with E-state index in [9.17, 15) is 0 Å². The number of aryl methyl sites for hydroxylation is 2. The Morgan fingerprint density at radius 3 is 2.57 bits per heavy atom. The van der Waals surface area contributed by atoms with Crippen molar-refractivity contribution in [2.24, 2.45) is 0 Å². The lowest BCUT2D eigenvalue weighted by Gasteiger charge is -2.13. The van der Waals surface area contributed by atoms with Crippen molar-refractivity contribution in [2.75, 3.05) is 5.32 Å². The SMILES string of the molecule is Cc1cc(C)nc(NC2CCCC2)c1. The van der Waals surface area contributed by atoms with Gasteiger partial charge in [0.05, 0.1) is 0 Å². The highest BCUT2D eigenvalue weighted by atomic mass is 15.0. The minimum Gasteiger partial charge on any atom is -0.367 e. The van der Waals surface area contributed by atoms with Crippen LogP contribution in [0, 0.1) is 13.8 Å². The zero-order valence-electron chi connectivity index (χ0n) is 9.01. The van der Waals surface area contributed by atoms with Crippen LogP contribution in [-0.2, 0) is 0 Å². The van der Waals surface area contributed by atoms with Gasteiger partial charge in [0.2, 0.25) is 0 Å². The molecule has 0 aliphatic heterocycles. The second-order valence-corrected chi connectivity index (χ2v) is 4.30. The first kappa shape index (κ1) is 9.50. The van der Waals surface area contributed by atoms with Crippen molar-refractivity contribution in [3.63, 3.8) is 0 Å². The molecule has 1 aromatic heterocycles. The van der Waals surface area contributed by atoms with Crippen LogP contribution in [0.4, 0.5) is 5.82 Å². The van der Waals surface area contributed by atoms with Crippen LogP contribution in [0.15, 0.2) is 12.1 Å². The van der Waals surface area contributed by atoms with Crippen molar-refractivity contribution in [2.45, 2.75) is 45.6 Å². The van der Waals surface area contributed by atoms with E-state index >= 15 is 0 Å². The summed E-state index contributed by atoms with van der Waals surface area (Å²) in [5.41, 5.74) is 2.39. The largest absolute Gasteiger partial charge is 0.367 e. The van der Waals surface area contributed by atoms with Crippen molar-refractivity contribution in [1.82, 2.24) is 4.98 Å². The van der Waals surface area contributed by atoms with Crippen LogP contribution in [0.3, 0.4) is 0 Å². The van der Waals surface area contributed by atoms with Gasteiger partial charge in [-0.1, -0.05) is 12.8 Å². The maximum atomic E-state index is 4.49. The maximum Gasteiger partial charge on any atom is 0.126 e. The molecule has 0 saturated heterocycles. The molecule has 0 radical (unpaired) electrons. The molecule has 0 amide bonds. The molecular formula is C12H18N2. The summed E-state index contributed by atoms with van der Waals surface area (Å²) in [6, 6.07) is 4.90. The second kappa shape index (κ2) is 3.99. The zero-order chi connectivity index (χ0) is 9.97. The minimum atomic E-state index is 0.656. The van der Waals surface area contributed by atoms with Gasteiger partial charge in [0.25, 0.3) is 0 Å². The fourth-order valence-corrected chi connectivity index (χ4v) is 2.19. The standard InChI is InChI=1S/C12H18N2/c1-9-7-10(2)13-12(8-9)14-11-5-3-4-6-11/h7-8,11H,3-6H2,1-2H3,(H,13,14). The van der Waals surface area contributed by atoms with Gasteiger partial charge in [-0.25, -0.2) is 4.98 Å². The highest BCUT2D eigenvalue weighted by molar-refractivity contribution is 5.40. The zero-order valence-corrected chi connectivity index (χ0v) is 9.01. The molecule has 0 atom stereocenters. The summed E-state index contributed by atoms with van der Waals surface area (Å²) < 4.78 is 0. The quantitative estimate of drug-likeness (QED) is 0.775. The Labute approximate surface area is 85.7 Å². The van der Waals surface area contributed by atoms with Crippen LogP contribution >= 0.6 is 0 Å². The Morgan fingerprint density at radius 1 is 1.21 bits per heavy atom. The third-order valence-corrected chi connectivity index (χ3v) is 2.80. The number of pyridine rings is 1. The first-order valence-electron chi connectivity index (χ1n) is 5.46. The molecule has 76 valence electrons. The second-order valence-electron chi connectivity index (χ2n) is 4.30. The Hall–Kier alpha value is -1.05. The molecular weight excluding hydrogens is 172 g/mol. The van der Waals surface area contributed by atoms with Crippen LogP contribution in [0.25, 0.3) is 0 Å². The van der Waals surface area contributed by atoms with Gasteiger partial charge < -0.3 is 5.32 Å². The van der Waals surface area contributed by atoms with Gasteiger partial charge in [-0.05, 0) is 44.4 Å². The van der Waals surface area contributed by atoms with Crippen molar-refractivity contribution >= 4 is 5.82 Å². The Bertz CT molecular complexity index is 294.